The molecule has 3 heteroatoms. The molecule has 30 heavy (non-hydrogen) atoms. The molecule has 0 aromatic rings. The molecule has 0 amide bonds. The second-order valence-corrected chi connectivity index (χ2v) is 13.4. The van der Waals surface area contributed by atoms with Crippen LogP contribution in [0.15, 0.2) is 0 Å². The molecule has 0 N–H and O–H groups in total. The summed E-state index contributed by atoms with van der Waals surface area (Å²) in [4.78, 5) is 0. The van der Waals surface area contributed by atoms with Crippen molar-refractivity contribution >= 4 is 9.04 Å². The van der Waals surface area contributed by atoms with Gasteiger partial charge in [0.2, 0.25) is 9.04 Å². The van der Waals surface area contributed by atoms with Gasteiger partial charge in [-0.05, 0) is 11.1 Å². The van der Waals surface area contributed by atoms with Gasteiger partial charge in [-0.25, -0.2) is 0 Å². The zero-order chi connectivity index (χ0) is 22.3. The van der Waals surface area contributed by atoms with Gasteiger partial charge in [-0.1, -0.05) is 143 Å². The fraction of sp³-hybridized carbons (Fsp3) is 1.00. The van der Waals surface area contributed by atoms with Crippen LogP contribution in [0.25, 0.3) is 0 Å². The number of unbranched alkanes of at least 4 members (excludes halogenated alkanes) is 17. The third-order valence-electron chi connectivity index (χ3n) is 6.16. The van der Waals surface area contributed by atoms with E-state index in [-0.39, 0.29) is 0 Å². The summed E-state index contributed by atoms with van der Waals surface area (Å²) in [6.07, 6.45) is 25.9. The Kier molecular flexibility index (Phi) is 22.4. The van der Waals surface area contributed by atoms with Crippen LogP contribution in [0.3, 0.4) is 0 Å². The van der Waals surface area contributed by atoms with Crippen LogP contribution >= 0.6 is 0 Å². The van der Waals surface area contributed by atoms with Crippen molar-refractivity contribution in [3.8, 4) is 0 Å². The van der Waals surface area contributed by atoms with Crippen molar-refractivity contribution in [1.82, 2.24) is 0 Å². The largest absolute Gasteiger partial charge is 0.414 e. The lowest BCUT2D eigenvalue weighted by molar-refractivity contribution is 0.142. The van der Waals surface area contributed by atoms with E-state index in [1.165, 1.54) is 122 Å². The van der Waals surface area contributed by atoms with Gasteiger partial charge >= 0.3 is 0 Å². The van der Waals surface area contributed by atoms with E-state index in [9.17, 15) is 0 Å². The lowest BCUT2D eigenvalue weighted by Crippen LogP contribution is -2.30. The summed E-state index contributed by atoms with van der Waals surface area (Å²) >= 11 is 0. The first-order valence-corrected chi connectivity index (χ1v) is 15.1. The van der Waals surface area contributed by atoms with Crippen molar-refractivity contribution in [1.29, 1.82) is 0 Å². The maximum absolute atomic E-state index is 6.16. The molecule has 2 nitrogen and oxygen atoms in total. The zero-order valence-electron chi connectivity index (χ0n) is 21.7. The van der Waals surface area contributed by atoms with Gasteiger partial charge in [0.25, 0.3) is 0 Å². The van der Waals surface area contributed by atoms with Crippen LogP contribution in [0, 0.1) is 0 Å². The van der Waals surface area contributed by atoms with E-state index >= 15 is 0 Å². The summed E-state index contributed by atoms with van der Waals surface area (Å²) in [6.45, 7) is 10.8. The van der Waals surface area contributed by atoms with Crippen LogP contribution in [-0.2, 0) is 9.16 Å². The number of rotatable bonds is 23. The third-order valence-corrected chi connectivity index (χ3v) is 9.19. The maximum atomic E-state index is 6.16. The Labute approximate surface area is 193 Å². The van der Waals surface area contributed by atoms with Gasteiger partial charge in [0, 0.05) is 7.11 Å². The average Bonchev–Trinajstić information content (AvgIpc) is 2.70. The highest BCUT2D eigenvalue weighted by molar-refractivity contribution is 6.55. The van der Waals surface area contributed by atoms with Crippen molar-refractivity contribution in [2.45, 2.75) is 154 Å². The molecule has 0 saturated carbocycles. The van der Waals surface area contributed by atoms with E-state index < -0.39 is 9.04 Å². The van der Waals surface area contributed by atoms with Crippen molar-refractivity contribution in [2.24, 2.45) is 0 Å². The van der Waals surface area contributed by atoms with Crippen LogP contribution in [0.4, 0.5) is 0 Å². The maximum Gasteiger partial charge on any atom is 0.217 e. The molecule has 0 saturated heterocycles. The van der Waals surface area contributed by atoms with Gasteiger partial charge < -0.3 is 9.16 Å². The van der Waals surface area contributed by atoms with Gasteiger partial charge in [0.05, 0.1) is 13.2 Å². The zero-order valence-corrected chi connectivity index (χ0v) is 22.7. The quantitative estimate of drug-likeness (QED) is 0.116. The van der Waals surface area contributed by atoms with Crippen molar-refractivity contribution < 1.29 is 9.16 Å². The number of methoxy groups -OCH3 is 1. The van der Waals surface area contributed by atoms with E-state index in [4.69, 9.17) is 9.16 Å². The minimum atomic E-state index is -0.734. The van der Waals surface area contributed by atoms with Crippen LogP contribution in [0.2, 0.25) is 11.1 Å². The Bertz CT molecular complexity index is 327. The Hall–Kier alpha value is 0.137. The van der Waals surface area contributed by atoms with Gasteiger partial charge in [-0.3, -0.25) is 0 Å². The summed E-state index contributed by atoms with van der Waals surface area (Å²) in [6, 6.07) is 1.29. The molecular weight excluding hydrogens is 384 g/mol. The molecule has 0 atom stereocenters. The summed E-state index contributed by atoms with van der Waals surface area (Å²) in [5.74, 6) is 0. The van der Waals surface area contributed by atoms with Crippen LogP contribution in [0.1, 0.15) is 143 Å². The van der Waals surface area contributed by atoms with E-state index in [0.717, 1.165) is 13.2 Å². The number of hydrogen-bond acceptors (Lipinski definition) is 2. The SMILES string of the molecule is CCCCCCCCCCCCCCCCCCCC[Si](OCCOC)C(C)(C)C. The first-order chi connectivity index (χ1) is 14.5. The Morgan fingerprint density at radius 3 is 1.23 bits per heavy atom. The molecule has 0 fully saturated rings. The second kappa shape index (κ2) is 22.3. The topological polar surface area (TPSA) is 18.5 Å². The standard InChI is InChI=1S/C27H57O2Si/c1-6-7-8-9-10-11-12-13-14-15-16-17-18-19-20-21-22-23-26-30(27(2,3)4)29-25-24-28-5/h6-26H2,1-5H3. The summed E-state index contributed by atoms with van der Waals surface area (Å²) in [5.41, 5.74) is 0. The predicted molar refractivity (Wildman–Crippen MR) is 137 cm³/mol. The lowest BCUT2D eigenvalue weighted by atomic mass is 10.0. The Morgan fingerprint density at radius 2 is 0.900 bits per heavy atom. The molecular formula is C27H57O2Si. The Balaban J connectivity index is 3.33. The molecule has 0 aliphatic heterocycles. The van der Waals surface area contributed by atoms with Crippen LogP contribution in [-0.4, -0.2) is 29.4 Å². The van der Waals surface area contributed by atoms with E-state index in [1.807, 2.05) is 0 Å². The molecule has 0 rings (SSSR count). The van der Waals surface area contributed by atoms with E-state index in [0.29, 0.717) is 5.04 Å². The van der Waals surface area contributed by atoms with Crippen LogP contribution < -0.4 is 0 Å². The summed E-state index contributed by atoms with van der Waals surface area (Å²) in [7, 11) is 1.02. The van der Waals surface area contributed by atoms with Crippen molar-refractivity contribution in [3.63, 3.8) is 0 Å². The third kappa shape index (κ3) is 21.4. The second-order valence-electron chi connectivity index (χ2n) is 10.3. The monoisotopic (exact) mass is 441 g/mol. The minimum Gasteiger partial charge on any atom is -0.414 e. The van der Waals surface area contributed by atoms with Crippen LogP contribution in [0.5, 0.6) is 0 Å². The molecule has 0 aromatic carbocycles. The smallest absolute Gasteiger partial charge is 0.217 e. The minimum absolute atomic E-state index is 0.326. The van der Waals surface area contributed by atoms with Gasteiger partial charge in [0.15, 0.2) is 0 Å². The fourth-order valence-electron chi connectivity index (χ4n) is 4.10. The molecule has 0 aromatic heterocycles. The first-order valence-electron chi connectivity index (χ1n) is 13.5. The van der Waals surface area contributed by atoms with E-state index in [2.05, 4.69) is 27.7 Å². The van der Waals surface area contributed by atoms with E-state index in [1.54, 1.807) is 7.11 Å². The summed E-state index contributed by atoms with van der Waals surface area (Å²) < 4.78 is 11.3. The highest BCUT2D eigenvalue weighted by Crippen LogP contribution is 2.31. The fourth-order valence-corrected chi connectivity index (χ4v) is 6.33. The summed E-state index contributed by atoms with van der Waals surface area (Å²) in [5, 5.41) is 0.326. The molecule has 0 unspecified atom stereocenters. The number of ether oxygens (including phenoxy) is 1. The molecule has 1 radical (unpaired) electrons. The molecule has 0 heterocycles. The predicted octanol–water partition coefficient (Wildman–Crippen LogP) is 9.48. The lowest BCUT2D eigenvalue weighted by Gasteiger charge is -2.28. The van der Waals surface area contributed by atoms with Gasteiger partial charge in [0.1, 0.15) is 0 Å². The highest BCUT2D eigenvalue weighted by atomic mass is 28.3. The molecule has 0 aliphatic rings. The first kappa shape index (κ1) is 30.1. The molecule has 0 bridgehead atoms. The van der Waals surface area contributed by atoms with Gasteiger partial charge in [-0.15, -0.1) is 0 Å². The molecule has 0 aliphatic carbocycles. The normalized spacial score (nSPS) is 12.2. The van der Waals surface area contributed by atoms with Gasteiger partial charge in [-0.2, -0.15) is 0 Å². The highest BCUT2D eigenvalue weighted by Gasteiger charge is 2.28. The molecule has 181 valence electrons. The van der Waals surface area contributed by atoms with Crippen molar-refractivity contribution in [2.75, 3.05) is 20.3 Å². The number of hydrogen-bond donors (Lipinski definition) is 0. The average molecular weight is 442 g/mol. The molecule has 0 spiro atoms. The van der Waals surface area contributed by atoms with Crippen molar-refractivity contribution in [3.05, 3.63) is 0 Å². The Morgan fingerprint density at radius 1 is 0.533 bits per heavy atom.